The Kier molecular flexibility index (Phi) is 6.40. The van der Waals surface area contributed by atoms with Gasteiger partial charge in [0.2, 0.25) is 12.3 Å². The summed E-state index contributed by atoms with van der Waals surface area (Å²) in [5.41, 5.74) is 6.06. The van der Waals surface area contributed by atoms with Gasteiger partial charge in [0.15, 0.2) is 6.04 Å². The van der Waals surface area contributed by atoms with Crippen LogP contribution in [0.25, 0.3) is 0 Å². The van der Waals surface area contributed by atoms with Gasteiger partial charge in [0.25, 0.3) is 5.91 Å². The van der Waals surface area contributed by atoms with E-state index in [-0.39, 0.29) is 11.8 Å². The van der Waals surface area contributed by atoms with Crippen molar-refractivity contribution >= 4 is 18.0 Å². The first kappa shape index (κ1) is 22.1. The Morgan fingerprint density at radius 2 is 1.70 bits per heavy atom. The Labute approximate surface area is 192 Å². The molecule has 33 heavy (non-hydrogen) atoms. The maximum Gasteiger partial charge on any atom is 0.304 e. The van der Waals surface area contributed by atoms with Crippen LogP contribution in [0, 0.1) is 6.92 Å². The molecule has 0 aromatic heterocycles. The van der Waals surface area contributed by atoms with Crippen LogP contribution >= 0.6 is 0 Å². The molecule has 7 heteroatoms. The average molecular weight is 445 g/mol. The molecule has 0 aliphatic carbocycles. The number of nitrogens with zero attached hydrogens (tertiary/aromatic N) is 1. The Bertz CT molecular complexity index is 1200. The fourth-order valence-corrected chi connectivity index (χ4v) is 3.87. The number of hydrogen-bond acceptors (Lipinski definition) is 4. The van der Waals surface area contributed by atoms with Crippen LogP contribution in [0.1, 0.15) is 33.1 Å². The van der Waals surface area contributed by atoms with Gasteiger partial charge in [-0.05, 0) is 61.5 Å². The lowest BCUT2D eigenvalue weighted by atomic mass is 9.99. The van der Waals surface area contributed by atoms with Crippen LogP contribution < -0.4 is 20.2 Å². The smallest absolute Gasteiger partial charge is 0.304 e. The molecular formula is C26H26N3O4+. The van der Waals surface area contributed by atoms with E-state index in [1.807, 2.05) is 73.8 Å². The molecular weight excluding hydrogens is 418 g/mol. The van der Waals surface area contributed by atoms with Crippen LogP contribution in [0.4, 0.5) is 0 Å². The highest BCUT2D eigenvalue weighted by Crippen LogP contribution is 2.27. The number of carbonyl (C=O) groups is 2. The normalized spacial score (nSPS) is 18.6. The largest absolute Gasteiger partial charge is 0.497 e. The molecule has 1 heterocycles. The van der Waals surface area contributed by atoms with Gasteiger partial charge in [0, 0.05) is 16.7 Å². The first-order valence-electron chi connectivity index (χ1n) is 10.6. The minimum Gasteiger partial charge on any atom is -0.497 e. The first-order chi connectivity index (χ1) is 16.0. The molecule has 1 saturated heterocycles. The standard InChI is InChI=1S/C26H25N3O4/c1-17-6-4-8-20(14-17)25(30)27-23-24(19-10-12-21(32-2)13-11-19)29(28-26(23)31)16-18-7-5-9-22(15-18)33-3/h4-16,23-24H,1-3H3,(H-,27,28,30,31)/p+1/b29-16-/t23-,24-/m0/s1. The minimum atomic E-state index is -0.798. The summed E-state index contributed by atoms with van der Waals surface area (Å²) >= 11 is 0. The van der Waals surface area contributed by atoms with Crippen LogP contribution in [-0.4, -0.2) is 43.0 Å². The molecule has 2 atom stereocenters. The molecule has 1 aliphatic heterocycles. The second-order valence-corrected chi connectivity index (χ2v) is 7.83. The number of aryl methyl sites for hydroxylation is 1. The van der Waals surface area contributed by atoms with Crippen molar-refractivity contribution in [2.24, 2.45) is 0 Å². The van der Waals surface area contributed by atoms with Crippen molar-refractivity contribution < 1.29 is 23.7 Å². The summed E-state index contributed by atoms with van der Waals surface area (Å²) in [6.07, 6.45) is 1.83. The third kappa shape index (κ3) is 4.87. The zero-order chi connectivity index (χ0) is 23.4. The van der Waals surface area contributed by atoms with Crippen molar-refractivity contribution in [2.75, 3.05) is 14.2 Å². The highest BCUT2D eigenvalue weighted by molar-refractivity contribution is 5.98. The van der Waals surface area contributed by atoms with Crippen LogP contribution in [0.3, 0.4) is 0 Å². The van der Waals surface area contributed by atoms with E-state index in [1.165, 1.54) is 0 Å². The second-order valence-electron chi connectivity index (χ2n) is 7.83. The van der Waals surface area contributed by atoms with Crippen molar-refractivity contribution in [3.05, 3.63) is 95.1 Å². The molecule has 2 N–H and O–H groups in total. The molecule has 0 bridgehead atoms. The Morgan fingerprint density at radius 3 is 2.39 bits per heavy atom. The molecule has 7 nitrogen and oxygen atoms in total. The van der Waals surface area contributed by atoms with E-state index < -0.39 is 12.1 Å². The van der Waals surface area contributed by atoms with E-state index in [2.05, 4.69) is 10.7 Å². The Morgan fingerprint density at radius 1 is 0.970 bits per heavy atom. The zero-order valence-corrected chi connectivity index (χ0v) is 18.7. The highest BCUT2D eigenvalue weighted by Gasteiger charge is 2.47. The van der Waals surface area contributed by atoms with Gasteiger partial charge in [-0.2, -0.15) is 0 Å². The summed E-state index contributed by atoms with van der Waals surface area (Å²) in [7, 11) is 3.21. The molecule has 0 unspecified atom stereocenters. The monoisotopic (exact) mass is 444 g/mol. The maximum absolute atomic E-state index is 13.0. The maximum atomic E-state index is 13.0. The van der Waals surface area contributed by atoms with Gasteiger partial charge in [-0.1, -0.05) is 23.8 Å². The summed E-state index contributed by atoms with van der Waals surface area (Å²) in [6, 6.07) is 21.0. The fraction of sp³-hybridized carbons (Fsp3) is 0.192. The van der Waals surface area contributed by atoms with Gasteiger partial charge >= 0.3 is 5.91 Å². The number of hydrogen-bond donors (Lipinski definition) is 2. The number of rotatable bonds is 6. The van der Waals surface area contributed by atoms with Gasteiger partial charge in [-0.15, -0.1) is 10.1 Å². The van der Waals surface area contributed by atoms with Crippen molar-refractivity contribution in [2.45, 2.75) is 19.0 Å². The van der Waals surface area contributed by atoms with Crippen molar-refractivity contribution in [3.8, 4) is 11.5 Å². The van der Waals surface area contributed by atoms with Crippen molar-refractivity contribution in [1.82, 2.24) is 10.7 Å². The summed E-state index contributed by atoms with van der Waals surface area (Å²) in [5.74, 6) is 0.816. The van der Waals surface area contributed by atoms with Crippen LogP contribution in [0.15, 0.2) is 72.8 Å². The minimum absolute atomic E-state index is 0.295. The predicted molar refractivity (Wildman–Crippen MR) is 125 cm³/mol. The fourth-order valence-electron chi connectivity index (χ4n) is 3.87. The third-order valence-corrected chi connectivity index (χ3v) is 5.54. The van der Waals surface area contributed by atoms with E-state index in [0.717, 1.165) is 16.7 Å². The van der Waals surface area contributed by atoms with E-state index in [0.29, 0.717) is 17.1 Å². The van der Waals surface area contributed by atoms with E-state index in [9.17, 15) is 9.59 Å². The van der Waals surface area contributed by atoms with Crippen molar-refractivity contribution in [1.29, 1.82) is 0 Å². The summed E-state index contributed by atoms with van der Waals surface area (Å²) in [5, 5.41) is 2.92. The Hall–Kier alpha value is -4.13. The van der Waals surface area contributed by atoms with Gasteiger partial charge < -0.3 is 14.8 Å². The quantitative estimate of drug-likeness (QED) is 0.573. The van der Waals surface area contributed by atoms with Gasteiger partial charge in [-0.25, -0.2) is 0 Å². The van der Waals surface area contributed by atoms with Gasteiger partial charge in [0.1, 0.15) is 11.5 Å². The number of carbonyl (C=O) groups excluding carboxylic acids is 2. The van der Waals surface area contributed by atoms with Crippen LogP contribution in [0.2, 0.25) is 0 Å². The lowest BCUT2D eigenvalue weighted by Crippen LogP contribution is -2.42. The van der Waals surface area contributed by atoms with Crippen molar-refractivity contribution in [3.63, 3.8) is 0 Å². The summed E-state index contributed by atoms with van der Waals surface area (Å²) in [6.45, 7) is 1.92. The number of methoxy groups -OCH3 is 2. The number of ether oxygens (including phenoxy) is 2. The summed E-state index contributed by atoms with van der Waals surface area (Å²) < 4.78 is 12.3. The van der Waals surface area contributed by atoms with Gasteiger partial charge in [0.05, 0.1) is 14.2 Å². The lowest BCUT2D eigenvalue weighted by molar-refractivity contribution is -0.596. The van der Waals surface area contributed by atoms with Crippen LogP contribution in [0.5, 0.6) is 11.5 Å². The SMILES string of the molecule is COc1ccc([C@H]2[C@H](NC(=O)c3cccc(C)c3)C(=O)N/[N+]2=C\c2cccc(OC)c2)cc1. The molecule has 2 amide bonds. The second kappa shape index (κ2) is 9.56. The molecule has 1 aliphatic rings. The lowest BCUT2D eigenvalue weighted by Gasteiger charge is -2.15. The molecule has 3 aromatic carbocycles. The number of amides is 2. The van der Waals surface area contributed by atoms with E-state index >= 15 is 0 Å². The molecule has 1 fully saturated rings. The highest BCUT2D eigenvalue weighted by atomic mass is 16.5. The van der Waals surface area contributed by atoms with Crippen LogP contribution in [-0.2, 0) is 4.79 Å². The van der Waals surface area contributed by atoms with Gasteiger partial charge in [-0.3, -0.25) is 9.59 Å². The molecule has 0 radical (unpaired) electrons. The Balaban J connectivity index is 1.71. The third-order valence-electron chi connectivity index (χ3n) is 5.54. The average Bonchev–Trinajstić information content (AvgIpc) is 3.13. The molecule has 4 rings (SSSR count). The predicted octanol–water partition coefficient (Wildman–Crippen LogP) is 3.03. The number of nitrogens with one attached hydrogen (secondary N) is 2. The summed E-state index contributed by atoms with van der Waals surface area (Å²) in [4.78, 5) is 26.0. The number of benzene rings is 3. The zero-order valence-electron chi connectivity index (χ0n) is 18.7. The van der Waals surface area contributed by atoms with E-state index in [4.69, 9.17) is 9.47 Å². The number of hydrazine groups is 1. The number of hydrazone groups is 1. The molecule has 0 spiro atoms. The van der Waals surface area contributed by atoms with E-state index in [1.54, 1.807) is 31.0 Å². The molecule has 3 aromatic rings. The molecule has 0 saturated carbocycles. The molecule has 168 valence electrons. The topological polar surface area (TPSA) is 79.7 Å². The first-order valence-corrected chi connectivity index (χ1v) is 10.6.